The van der Waals surface area contributed by atoms with Crippen LogP contribution in [-0.4, -0.2) is 31.6 Å². The Labute approximate surface area is 106 Å². The van der Waals surface area contributed by atoms with Gasteiger partial charge in [0.2, 0.25) is 5.91 Å². The number of carbonyl (C=O) groups is 1. The molecule has 5 heteroatoms. The van der Waals surface area contributed by atoms with E-state index in [2.05, 4.69) is 5.32 Å². The van der Waals surface area contributed by atoms with E-state index in [4.69, 9.17) is 9.47 Å². The molecule has 0 heterocycles. The van der Waals surface area contributed by atoms with Gasteiger partial charge in [-0.1, -0.05) is 0 Å². The summed E-state index contributed by atoms with van der Waals surface area (Å²) in [6.07, 6.45) is 1.90. The van der Waals surface area contributed by atoms with Crippen molar-refractivity contribution in [2.45, 2.75) is 12.2 Å². The van der Waals surface area contributed by atoms with Crippen LogP contribution in [0.25, 0.3) is 0 Å². The number of rotatable bonds is 5. The number of amides is 1. The van der Waals surface area contributed by atoms with Gasteiger partial charge in [0.1, 0.15) is 11.5 Å². The number of benzene rings is 1. The minimum atomic E-state index is -0.106. The van der Waals surface area contributed by atoms with Crippen molar-refractivity contribution in [1.29, 1.82) is 0 Å². The van der Waals surface area contributed by atoms with Crippen molar-refractivity contribution in [3.63, 3.8) is 0 Å². The maximum absolute atomic E-state index is 11.8. The summed E-state index contributed by atoms with van der Waals surface area (Å²) in [5.74, 6) is 1.24. The van der Waals surface area contributed by atoms with Crippen LogP contribution >= 0.6 is 11.8 Å². The van der Waals surface area contributed by atoms with Crippen LogP contribution in [0.3, 0.4) is 0 Å². The van der Waals surface area contributed by atoms with Crippen LogP contribution in [-0.2, 0) is 4.79 Å². The number of thioether (sulfide) groups is 1. The molecule has 1 amide bonds. The van der Waals surface area contributed by atoms with Crippen molar-refractivity contribution < 1.29 is 14.3 Å². The average molecular weight is 255 g/mol. The normalized spacial score (nSPS) is 11.8. The molecule has 0 fully saturated rings. The molecule has 0 unspecified atom stereocenters. The van der Waals surface area contributed by atoms with Crippen molar-refractivity contribution >= 4 is 23.4 Å². The van der Waals surface area contributed by atoms with E-state index >= 15 is 0 Å². The first kappa shape index (κ1) is 13.7. The zero-order valence-electron chi connectivity index (χ0n) is 10.4. The number of hydrogen-bond donors (Lipinski definition) is 1. The highest BCUT2D eigenvalue weighted by atomic mass is 32.2. The van der Waals surface area contributed by atoms with Crippen LogP contribution in [0, 0.1) is 0 Å². The third kappa shape index (κ3) is 3.56. The van der Waals surface area contributed by atoms with E-state index in [0.717, 1.165) is 0 Å². The highest BCUT2D eigenvalue weighted by Crippen LogP contribution is 2.29. The SMILES string of the molecule is COc1ccc(OC)c(NC(=O)[C@H](C)SC)c1. The van der Waals surface area contributed by atoms with Gasteiger partial charge in [-0.15, -0.1) is 0 Å². The molecule has 0 bridgehead atoms. The molecule has 4 nitrogen and oxygen atoms in total. The number of methoxy groups -OCH3 is 2. The zero-order valence-corrected chi connectivity index (χ0v) is 11.3. The summed E-state index contributed by atoms with van der Waals surface area (Å²) in [5.41, 5.74) is 0.623. The first-order valence-electron chi connectivity index (χ1n) is 5.18. The van der Waals surface area contributed by atoms with Gasteiger partial charge >= 0.3 is 0 Å². The molecule has 1 atom stereocenters. The van der Waals surface area contributed by atoms with Crippen LogP contribution in [0.15, 0.2) is 18.2 Å². The van der Waals surface area contributed by atoms with E-state index in [9.17, 15) is 4.79 Å². The van der Waals surface area contributed by atoms with E-state index < -0.39 is 0 Å². The molecule has 0 aliphatic heterocycles. The van der Waals surface area contributed by atoms with Gasteiger partial charge in [0.15, 0.2) is 0 Å². The largest absolute Gasteiger partial charge is 0.497 e. The topological polar surface area (TPSA) is 47.6 Å². The number of carbonyl (C=O) groups excluding carboxylic acids is 1. The van der Waals surface area contributed by atoms with Gasteiger partial charge in [-0.2, -0.15) is 11.8 Å². The average Bonchev–Trinajstić information content (AvgIpc) is 2.37. The second-order valence-corrected chi connectivity index (χ2v) is 4.61. The Bertz CT molecular complexity index is 395. The summed E-state index contributed by atoms with van der Waals surface area (Å²) in [4.78, 5) is 11.8. The second kappa shape index (κ2) is 6.39. The van der Waals surface area contributed by atoms with E-state index in [0.29, 0.717) is 17.2 Å². The van der Waals surface area contributed by atoms with Crippen LogP contribution in [0.2, 0.25) is 0 Å². The molecule has 0 saturated carbocycles. The Morgan fingerprint density at radius 2 is 2.06 bits per heavy atom. The number of anilines is 1. The standard InChI is InChI=1S/C12H17NO3S/c1-8(17-4)12(14)13-10-7-9(15-2)5-6-11(10)16-3/h5-8H,1-4H3,(H,13,14)/t8-/m0/s1. The number of ether oxygens (including phenoxy) is 2. The summed E-state index contributed by atoms with van der Waals surface area (Å²) in [6, 6.07) is 5.29. The van der Waals surface area contributed by atoms with E-state index in [1.54, 1.807) is 32.4 Å². The van der Waals surface area contributed by atoms with Gasteiger partial charge in [-0.05, 0) is 25.3 Å². The van der Waals surface area contributed by atoms with Crippen molar-refractivity contribution in [2.24, 2.45) is 0 Å². The molecule has 0 aromatic heterocycles. The third-order valence-electron chi connectivity index (χ3n) is 2.39. The van der Waals surface area contributed by atoms with Crippen molar-refractivity contribution in [1.82, 2.24) is 0 Å². The Morgan fingerprint density at radius 3 is 2.59 bits per heavy atom. The summed E-state index contributed by atoms with van der Waals surface area (Å²) in [5, 5.41) is 2.72. The first-order chi connectivity index (χ1) is 8.12. The van der Waals surface area contributed by atoms with Crippen LogP contribution in [0.4, 0.5) is 5.69 Å². The highest BCUT2D eigenvalue weighted by molar-refractivity contribution is 7.99. The van der Waals surface area contributed by atoms with Crippen LogP contribution in [0.5, 0.6) is 11.5 Å². The maximum atomic E-state index is 11.8. The molecule has 1 aromatic carbocycles. The predicted octanol–water partition coefficient (Wildman–Crippen LogP) is 2.39. The lowest BCUT2D eigenvalue weighted by molar-refractivity contribution is -0.115. The lowest BCUT2D eigenvalue weighted by Crippen LogP contribution is -2.22. The van der Waals surface area contributed by atoms with Gasteiger partial charge in [-0.3, -0.25) is 4.79 Å². The van der Waals surface area contributed by atoms with Gasteiger partial charge in [0, 0.05) is 6.07 Å². The molecular weight excluding hydrogens is 238 g/mol. The van der Waals surface area contributed by atoms with Gasteiger partial charge in [0.25, 0.3) is 0 Å². The molecule has 1 aromatic rings. The molecule has 1 rings (SSSR count). The highest BCUT2D eigenvalue weighted by Gasteiger charge is 2.14. The third-order valence-corrected chi connectivity index (χ3v) is 3.31. The van der Waals surface area contributed by atoms with Gasteiger partial charge in [-0.25, -0.2) is 0 Å². The van der Waals surface area contributed by atoms with Crippen LogP contribution < -0.4 is 14.8 Å². The fourth-order valence-corrected chi connectivity index (χ4v) is 1.53. The fourth-order valence-electron chi connectivity index (χ4n) is 1.25. The van der Waals surface area contributed by atoms with E-state index in [1.807, 2.05) is 13.2 Å². The Kier molecular flexibility index (Phi) is 5.15. The molecule has 1 N–H and O–H groups in total. The monoisotopic (exact) mass is 255 g/mol. The Morgan fingerprint density at radius 1 is 1.35 bits per heavy atom. The molecule has 94 valence electrons. The van der Waals surface area contributed by atoms with Crippen molar-refractivity contribution in [2.75, 3.05) is 25.8 Å². The minimum Gasteiger partial charge on any atom is -0.497 e. The molecule has 0 aliphatic carbocycles. The van der Waals surface area contributed by atoms with Crippen LogP contribution in [0.1, 0.15) is 6.92 Å². The van der Waals surface area contributed by atoms with Crippen molar-refractivity contribution in [3.05, 3.63) is 18.2 Å². The first-order valence-corrected chi connectivity index (χ1v) is 6.46. The second-order valence-electron chi connectivity index (χ2n) is 3.43. The quantitative estimate of drug-likeness (QED) is 0.877. The predicted molar refractivity (Wildman–Crippen MR) is 71.2 cm³/mol. The Balaban J connectivity index is 2.91. The van der Waals surface area contributed by atoms with Crippen molar-refractivity contribution in [3.8, 4) is 11.5 Å². The Hall–Kier alpha value is -1.36. The molecule has 0 spiro atoms. The lowest BCUT2D eigenvalue weighted by atomic mass is 10.2. The number of nitrogens with one attached hydrogen (secondary N) is 1. The molecule has 0 aliphatic rings. The summed E-state index contributed by atoms with van der Waals surface area (Å²) in [7, 11) is 3.15. The summed E-state index contributed by atoms with van der Waals surface area (Å²) < 4.78 is 10.3. The summed E-state index contributed by atoms with van der Waals surface area (Å²) in [6.45, 7) is 1.85. The molecule has 0 radical (unpaired) electrons. The molecule has 17 heavy (non-hydrogen) atoms. The van der Waals surface area contributed by atoms with E-state index in [-0.39, 0.29) is 11.2 Å². The number of hydrogen-bond acceptors (Lipinski definition) is 4. The van der Waals surface area contributed by atoms with E-state index in [1.165, 1.54) is 11.8 Å². The smallest absolute Gasteiger partial charge is 0.237 e. The van der Waals surface area contributed by atoms with Gasteiger partial charge < -0.3 is 14.8 Å². The molecular formula is C12H17NO3S. The van der Waals surface area contributed by atoms with Gasteiger partial charge in [0.05, 0.1) is 25.2 Å². The zero-order chi connectivity index (χ0) is 12.8. The summed E-state index contributed by atoms with van der Waals surface area (Å²) >= 11 is 1.49. The molecule has 0 saturated heterocycles. The maximum Gasteiger partial charge on any atom is 0.237 e. The lowest BCUT2D eigenvalue weighted by Gasteiger charge is -2.13. The minimum absolute atomic E-state index is 0.0518. The fraction of sp³-hybridized carbons (Fsp3) is 0.417.